The van der Waals surface area contributed by atoms with Gasteiger partial charge in [0, 0.05) is 12.8 Å². The molecule has 3 aliphatic rings. The maximum absolute atomic E-state index is 12.9. The molecular formula is C37H54BNO20. The summed E-state index contributed by atoms with van der Waals surface area (Å²) < 4.78 is 51.3. The maximum Gasteiger partial charge on any atom is 0.488 e. The Balaban J connectivity index is 1.27. The number of aliphatic hydroxyl groups excluding tert-OH is 8. The predicted octanol–water partition coefficient (Wildman–Crippen LogP) is -4.69. The molecule has 3 heterocycles. The lowest BCUT2D eigenvalue weighted by molar-refractivity contribution is -0.346. The minimum Gasteiger partial charge on any atom is -0.491 e. The molecule has 3 aliphatic heterocycles. The molecule has 330 valence electrons. The minimum absolute atomic E-state index is 0.101. The van der Waals surface area contributed by atoms with Crippen molar-refractivity contribution in [2.24, 2.45) is 0 Å². The number of amides is 1. The van der Waals surface area contributed by atoms with Crippen molar-refractivity contribution in [2.75, 3.05) is 45.5 Å². The summed E-state index contributed by atoms with van der Waals surface area (Å²) in [5.41, 5.74) is 0.292. The molecule has 0 aromatic heterocycles. The highest BCUT2D eigenvalue weighted by molar-refractivity contribution is 6.58. The first-order valence-corrected chi connectivity index (χ1v) is 19.1. The quantitative estimate of drug-likeness (QED) is 0.0592. The first kappa shape index (κ1) is 47.1. The van der Waals surface area contributed by atoms with Gasteiger partial charge < -0.3 is 98.8 Å². The van der Waals surface area contributed by atoms with Crippen molar-refractivity contribution in [1.29, 1.82) is 0 Å². The fourth-order valence-corrected chi connectivity index (χ4v) is 6.66. The van der Waals surface area contributed by atoms with Gasteiger partial charge in [0.2, 0.25) is 5.91 Å². The van der Waals surface area contributed by atoms with Crippen LogP contribution in [-0.4, -0.2) is 202 Å². The van der Waals surface area contributed by atoms with E-state index in [0.717, 1.165) is 0 Å². The number of ether oxygens (including phenoxy) is 9. The highest BCUT2D eigenvalue weighted by atomic mass is 16.8. The number of para-hydroxylation sites is 1. The SMILES string of the molecule is CCC1O[C@H](OCC2O[C@H](OCC3O[C@H](OC)[C@@H](O)C(O)[C@@H]3O)[C@@H](OCC(=O)Nc3cccc(B(O)O)c3)C(O)[C@@H]2O)[C@@H](OCC(O)COc2ccccc2)C(O)[C@@H]1O. The van der Waals surface area contributed by atoms with Crippen LogP contribution in [0.4, 0.5) is 5.69 Å². The zero-order valence-corrected chi connectivity index (χ0v) is 32.3. The molecule has 7 unspecified atom stereocenters. The third-order valence-corrected chi connectivity index (χ3v) is 9.98. The van der Waals surface area contributed by atoms with Crippen LogP contribution in [0.3, 0.4) is 0 Å². The van der Waals surface area contributed by atoms with Crippen molar-refractivity contribution < 1.29 is 98.3 Å². The van der Waals surface area contributed by atoms with Crippen molar-refractivity contribution >= 4 is 24.2 Å². The molecular weight excluding hydrogens is 789 g/mol. The lowest BCUT2D eigenvalue weighted by atomic mass is 9.80. The molecule has 22 heteroatoms. The second-order valence-electron chi connectivity index (χ2n) is 14.3. The number of anilines is 1. The van der Waals surface area contributed by atoms with Crippen LogP contribution >= 0.6 is 0 Å². The first-order chi connectivity index (χ1) is 28.2. The number of aliphatic hydroxyl groups is 8. The largest absolute Gasteiger partial charge is 0.491 e. The van der Waals surface area contributed by atoms with Gasteiger partial charge in [-0.2, -0.15) is 0 Å². The lowest BCUT2D eigenvalue weighted by Crippen LogP contribution is -2.63. The average molecular weight is 844 g/mol. The summed E-state index contributed by atoms with van der Waals surface area (Å²) in [6, 6.07) is 14.4. The number of benzene rings is 2. The average Bonchev–Trinajstić information content (AvgIpc) is 3.23. The number of rotatable bonds is 19. The molecule has 0 bridgehead atoms. The molecule has 0 aliphatic carbocycles. The van der Waals surface area contributed by atoms with E-state index < -0.39 is 131 Å². The number of methoxy groups -OCH3 is 1. The van der Waals surface area contributed by atoms with Gasteiger partial charge >= 0.3 is 7.12 Å². The monoisotopic (exact) mass is 843 g/mol. The van der Waals surface area contributed by atoms with Gasteiger partial charge in [0.15, 0.2) is 18.9 Å². The summed E-state index contributed by atoms with van der Waals surface area (Å²) in [6.07, 6.45) is -23.4. The summed E-state index contributed by atoms with van der Waals surface area (Å²) in [5, 5.41) is 107. The third kappa shape index (κ3) is 12.3. The summed E-state index contributed by atoms with van der Waals surface area (Å²) in [6.45, 7) is -0.685. The van der Waals surface area contributed by atoms with E-state index in [2.05, 4.69) is 5.32 Å². The van der Waals surface area contributed by atoms with Crippen LogP contribution in [0.15, 0.2) is 54.6 Å². The Morgan fingerprint density at radius 2 is 1.27 bits per heavy atom. The van der Waals surface area contributed by atoms with Gasteiger partial charge in [0.05, 0.1) is 25.9 Å². The topological polar surface area (TPSA) is 314 Å². The molecule has 11 N–H and O–H groups in total. The Hall–Kier alpha value is -2.95. The van der Waals surface area contributed by atoms with E-state index >= 15 is 0 Å². The molecule has 16 atom stereocenters. The van der Waals surface area contributed by atoms with E-state index in [-0.39, 0.29) is 30.8 Å². The van der Waals surface area contributed by atoms with E-state index in [1.165, 1.54) is 31.4 Å². The van der Waals surface area contributed by atoms with E-state index in [4.69, 9.17) is 42.6 Å². The number of hydrogen-bond donors (Lipinski definition) is 11. The van der Waals surface area contributed by atoms with Crippen molar-refractivity contribution in [3.63, 3.8) is 0 Å². The molecule has 0 radical (unpaired) electrons. The molecule has 59 heavy (non-hydrogen) atoms. The van der Waals surface area contributed by atoms with Crippen LogP contribution in [0, 0.1) is 0 Å². The molecule has 0 saturated carbocycles. The van der Waals surface area contributed by atoms with Crippen molar-refractivity contribution in [2.45, 2.75) is 112 Å². The number of nitrogens with one attached hydrogen (secondary N) is 1. The van der Waals surface area contributed by atoms with Gasteiger partial charge in [-0.05, 0) is 36.1 Å². The molecule has 21 nitrogen and oxygen atoms in total. The molecule has 1 amide bonds. The number of carbonyl (C=O) groups is 1. The van der Waals surface area contributed by atoms with Gasteiger partial charge in [-0.1, -0.05) is 37.3 Å². The summed E-state index contributed by atoms with van der Waals surface area (Å²) in [7, 11) is -0.591. The zero-order valence-electron chi connectivity index (χ0n) is 32.3. The Labute approximate surface area is 339 Å². The van der Waals surface area contributed by atoms with E-state index in [1.54, 1.807) is 37.3 Å². The van der Waals surface area contributed by atoms with Crippen LogP contribution in [0.25, 0.3) is 0 Å². The molecule has 3 fully saturated rings. The molecule has 2 aromatic carbocycles. The van der Waals surface area contributed by atoms with E-state index in [1.807, 2.05) is 0 Å². The fourth-order valence-electron chi connectivity index (χ4n) is 6.66. The van der Waals surface area contributed by atoms with E-state index in [0.29, 0.717) is 5.75 Å². The Bertz CT molecular complexity index is 1560. The summed E-state index contributed by atoms with van der Waals surface area (Å²) >= 11 is 0. The molecule has 0 spiro atoms. The molecule has 2 aromatic rings. The second kappa shape index (κ2) is 22.2. The second-order valence-corrected chi connectivity index (χ2v) is 14.3. The third-order valence-electron chi connectivity index (χ3n) is 9.98. The summed E-state index contributed by atoms with van der Waals surface area (Å²) in [5.74, 6) is -0.250. The fraction of sp³-hybridized carbons (Fsp3) is 0.649. The van der Waals surface area contributed by atoms with Gasteiger partial charge in [0.1, 0.15) is 92.2 Å². The van der Waals surface area contributed by atoms with Crippen LogP contribution in [-0.2, 0) is 42.7 Å². The molecule has 5 rings (SSSR count). The number of hydrogen-bond acceptors (Lipinski definition) is 20. The Morgan fingerprint density at radius 3 is 1.88 bits per heavy atom. The molecule has 3 saturated heterocycles. The highest BCUT2D eigenvalue weighted by Crippen LogP contribution is 2.30. The maximum atomic E-state index is 12.9. The number of carbonyl (C=O) groups excluding carboxylic acids is 1. The predicted molar refractivity (Wildman–Crippen MR) is 200 cm³/mol. The lowest BCUT2D eigenvalue weighted by Gasteiger charge is -2.45. The van der Waals surface area contributed by atoms with Gasteiger partial charge in [-0.25, -0.2) is 0 Å². The zero-order chi connectivity index (χ0) is 42.8. The van der Waals surface area contributed by atoms with Gasteiger partial charge in [0.25, 0.3) is 0 Å². The van der Waals surface area contributed by atoms with Crippen molar-refractivity contribution in [1.82, 2.24) is 0 Å². The minimum atomic E-state index is -1.82. The van der Waals surface area contributed by atoms with Crippen LogP contribution in [0.5, 0.6) is 5.75 Å². The van der Waals surface area contributed by atoms with E-state index in [9.17, 15) is 55.7 Å². The van der Waals surface area contributed by atoms with Gasteiger partial charge in [-0.15, -0.1) is 0 Å². The first-order valence-electron chi connectivity index (χ1n) is 19.1. The van der Waals surface area contributed by atoms with Crippen molar-refractivity contribution in [3.05, 3.63) is 54.6 Å². The standard InChI is InChI=1S/C37H54BNO20/c1-3-22-26(42)30(46)33(53-14-20(40)13-52-21-10-5-4-6-11-21)36(57-22)55-16-24-28(44)31(47)34(54-17-25(41)39-19-9-7-8-18(12-19)38(49)50)37(59-24)56-15-23-27(43)29(45)32(48)35(51-2)58-23/h4-12,20,22-24,26-37,40,42-50H,3,13-17H2,1-2H3,(H,39,41)/t20?,22?,23?,24?,26-,27-,28-,29?,30?,31?,32+,33+,34+,35+,36+,37+/m1/s1. The highest BCUT2D eigenvalue weighted by Gasteiger charge is 2.50. The normalized spacial score (nSPS) is 35.5. The van der Waals surface area contributed by atoms with Crippen LogP contribution < -0.4 is 15.5 Å². The van der Waals surface area contributed by atoms with Crippen molar-refractivity contribution in [3.8, 4) is 5.75 Å². The van der Waals surface area contributed by atoms with Gasteiger partial charge in [-0.3, -0.25) is 4.79 Å². The summed E-state index contributed by atoms with van der Waals surface area (Å²) in [4.78, 5) is 12.9. The van der Waals surface area contributed by atoms with Crippen LogP contribution in [0.2, 0.25) is 0 Å². The van der Waals surface area contributed by atoms with Crippen LogP contribution in [0.1, 0.15) is 13.3 Å². The smallest absolute Gasteiger partial charge is 0.488 e. The Morgan fingerprint density at radius 1 is 0.695 bits per heavy atom. The Kier molecular flexibility index (Phi) is 17.8.